The summed E-state index contributed by atoms with van der Waals surface area (Å²) in [4.78, 5) is 30.8. The number of para-hydroxylation sites is 1. The molecule has 1 saturated carbocycles. The summed E-state index contributed by atoms with van der Waals surface area (Å²) in [6, 6.07) is 8.09. The van der Waals surface area contributed by atoms with E-state index in [9.17, 15) is 14.7 Å². The number of benzene rings is 1. The van der Waals surface area contributed by atoms with Crippen LogP contribution in [0.15, 0.2) is 56.8 Å². The fourth-order valence-electron chi connectivity index (χ4n) is 4.85. The maximum atomic E-state index is 12.5. The molecule has 10 nitrogen and oxygen atoms in total. The van der Waals surface area contributed by atoms with Gasteiger partial charge in [-0.05, 0) is 25.0 Å². The first-order valence-corrected chi connectivity index (χ1v) is 10.6. The Balaban J connectivity index is 1.38. The van der Waals surface area contributed by atoms with Gasteiger partial charge in [-0.1, -0.05) is 12.1 Å². The number of aromatic nitrogens is 3. The van der Waals surface area contributed by atoms with Crippen LogP contribution >= 0.6 is 0 Å². The summed E-state index contributed by atoms with van der Waals surface area (Å²) in [6.45, 7) is 0. The number of rotatable bonds is 3. The molecule has 2 aliphatic heterocycles. The Hall–Kier alpha value is -3.21. The lowest BCUT2D eigenvalue weighted by molar-refractivity contribution is -0.216. The van der Waals surface area contributed by atoms with Gasteiger partial charge >= 0.3 is 5.69 Å². The zero-order valence-corrected chi connectivity index (χ0v) is 17.0. The van der Waals surface area contributed by atoms with Gasteiger partial charge in [0.2, 0.25) is 5.89 Å². The third-order valence-corrected chi connectivity index (χ3v) is 6.33. The molecule has 0 unspecified atom stereocenters. The number of aromatic hydroxyl groups is 1. The van der Waals surface area contributed by atoms with Crippen molar-refractivity contribution in [2.45, 2.75) is 56.0 Å². The van der Waals surface area contributed by atoms with Crippen molar-refractivity contribution in [1.82, 2.24) is 14.5 Å². The third-order valence-electron chi connectivity index (χ3n) is 6.33. The van der Waals surface area contributed by atoms with Gasteiger partial charge in [0.25, 0.3) is 5.56 Å². The van der Waals surface area contributed by atoms with Crippen LogP contribution in [-0.2, 0) is 14.2 Å². The van der Waals surface area contributed by atoms with Crippen LogP contribution in [-0.4, -0.2) is 37.6 Å². The molecule has 1 aromatic carbocycles. The highest BCUT2D eigenvalue weighted by atomic mass is 16.8. The Morgan fingerprint density at radius 3 is 2.66 bits per heavy atom. The molecule has 0 radical (unpaired) electrons. The Morgan fingerprint density at radius 1 is 1.09 bits per heavy atom. The molecule has 2 saturated heterocycles. The summed E-state index contributed by atoms with van der Waals surface area (Å²) in [5.74, 6) is -0.369. The number of hydrogen-bond donors (Lipinski definition) is 2. The number of nitrogens with one attached hydrogen (secondary N) is 1. The van der Waals surface area contributed by atoms with Crippen LogP contribution in [0.1, 0.15) is 43.9 Å². The van der Waals surface area contributed by atoms with Crippen molar-refractivity contribution >= 4 is 0 Å². The number of hydrogen-bond acceptors (Lipinski definition) is 8. The lowest BCUT2D eigenvalue weighted by Crippen LogP contribution is -2.37. The van der Waals surface area contributed by atoms with Crippen LogP contribution in [0.3, 0.4) is 0 Å². The summed E-state index contributed by atoms with van der Waals surface area (Å²) in [5.41, 5.74) is -0.105. The van der Waals surface area contributed by atoms with Crippen LogP contribution < -0.4 is 11.2 Å². The van der Waals surface area contributed by atoms with Gasteiger partial charge in [-0.3, -0.25) is 14.3 Å². The van der Waals surface area contributed by atoms with Crippen molar-refractivity contribution in [2.75, 3.05) is 0 Å². The molecule has 32 heavy (non-hydrogen) atoms. The van der Waals surface area contributed by atoms with Crippen molar-refractivity contribution in [2.24, 2.45) is 0 Å². The van der Waals surface area contributed by atoms with Gasteiger partial charge in [0.05, 0.1) is 0 Å². The topological polar surface area (TPSA) is 129 Å². The molecule has 2 aromatic heterocycles. The molecule has 10 heteroatoms. The number of H-pyrrole nitrogens is 1. The minimum atomic E-state index is -0.824. The minimum absolute atomic E-state index is 0.0839. The second-order valence-corrected chi connectivity index (χ2v) is 8.34. The summed E-state index contributed by atoms with van der Waals surface area (Å²) in [6.07, 6.45) is 3.65. The first-order chi connectivity index (χ1) is 15.5. The molecule has 4 atom stereocenters. The maximum absolute atomic E-state index is 12.5. The van der Waals surface area contributed by atoms with E-state index in [0.717, 1.165) is 25.7 Å². The Labute approximate surface area is 181 Å². The zero-order chi connectivity index (χ0) is 21.9. The molecule has 1 spiro atoms. The highest BCUT2D eigenvalue weighted by molar-refractivity contribution is 5.65. The Bertz CT molecular complexity index is 1270. The lowest BCUT2D eigenvalue weighted by Gasteiger charge is -2.26. The number of nitrogens with zero attached hydrogens (tertiary/aromatic N) is 2. The van der Waals surface area contributed by atoms with Gasteiger partial charge in [0.15, 0.2) is 18.1 Å². The van der Waals surface area contributed by atoms with Crippen LogP contribution in [0.4, 0.5) is 0 Å². The third kappa shape index (κ3) is 3.02. The fraction of sp³-hybridized carbons (Fsp3) is 0.409. The van der Waals surface area contributed by atoms with E-state index in [4.69, 9.17) is 18.6 Å². The summed E-state index contributed by atoms with van der Waals surface area (Å²) in [7, 11) is 0. The van der Waals surface area contributed by atoms with Crippen molar-refractivity contribution < 1.29 is 23.7 Å². The number of phenolic OH excluding ortho intramolecular Hbond substituents is 1. The zero-order valence-electron chi connectivity index (χ0n) is 17.0. The predicted molar refractivity (Wildman–Crippen MR) is 109 cm³/mol. The standard InChI is InChI=1S/C22H21N3O7/c26-14-6-2-1-5-12(14)13-11-29-19(23-13)17-16-18(32-22(31-16)8-3-4-9-22)20(30-17)25-10-7-15(27)24-21(25)28/h1-2,5-7,10-11,16-18,20,26H,3-4,8-9H2,(H,24,27,28)/t16-,17+,18-,20-/m1/s1. The minimum Gasteiger partial charge on any atom is -0.507 e. The molecule has 4 heterocycles. The molecule has 3 aliphatic rings. The average Bonchev–Trinajstić information content (AvgIpc) is 3.55. The van der Waals surface area contributed by atoms with E-state index in [1.807, 2.05) is 0 Å². The SMILES string of the molecule is O=c1ccn([C@@H]2O[C@H](c3nc(-c4ccccc4O)co3)[C@H]3OC4(CCCC4)O[C@H]32)c(=O)[nH]1. The molecule has 0 amide bonds. The van der Waals surface area contributed by atoms with Crippen molar-refractivity contribution in [3.8, 4) is 17.0 Å². The van der Waals surface area contributed by atoms with Gasteiger partial charge in [-0.2, -0.15) is 0 Å². The van der Waals surface area contributed by atoms with E-state index in [-0.39, 0.29) is 11.6 Å². The van der Waals surface area contributed by atoms with Crippen LogP contribution in [0.25, 0.3) is 11.3 Å². The molecule has 6 rings (SSSR count). The first kappa shape index (κ1) is 19.5. The summed E-state index contributed by atoms with van der Waals surface area (Å²) in [5, 5.41) is 10.1. The maximum Gasteiger partial charge on any atom is 0.330 e. The molecule has 3 fully saturated rings. The highest BCUT2D eigenvalue weighted by Gasteiger charge is 2.61. The molecular weight excluding hydrogens is 418 g/mol. The second-order valence-electron chi connectivity index (χ2n) is 8.34. The quantitative estimate of drug-likeness (QED) is 0.636. The predicted octanol–water partition coefficient (Wildman–Crippen LogP) is 2.22. The van der Waals surface area contributed by atoms with E-state index in [0.29, 0.717) is 11.3 Å². The average molecular weight is 439 g/mol. The highest BCUT2D eigenvalue weighted by Crippen LogP contribution is 2.53. The fourth-order valence-corrected chi connectivity index (χ4v) is 4.85. The number of phenols is 1. The summed E-state index contributed by atoms with van der Waals surface area (Å²) >= 11 is 0. The van der Waals surface area contributed by atoms with Gasteiger partial charge in [-0.15, -0.1) is 0 Å². The number of ether oxygens (including phenoxy) is 3. The number of aromatic amines is 1. The van der Waals surface area contributed by atoms with Gasteiger partial charge in [-0.25, -0.2) is 9.78 Å². The normalized spacial score (nSPS) is 28.4. The molecular formula is C22H21N3O7. The van der Waals surface area contributed by atoms with Crippen LogP contribution in [0, 0.1) is 0 Å². The second kappa shape index (κ2) is 7.16. The summed E-state index contributed by atoms with van der Waals surface area (Å²) < 4.78 is 25.9. The van der Waals surface area contributed by atoms with Crippen molar-refractivity contribution in [3.63, 3.8) is 0 Å². The van der Waals surface area contributed by atoms with Gasteiger partial charge in [0, 0.05) is 30.7 Å². The van der Waals surface area contributed by atoms with Gasteiger partial charge < -0.3 is 23.7 Å². The number of oxazole rings is 1. The van der Waals surface area contributed by atoms with E-state index in [1.54, 1.807) is 24.3 Å². The Kier molecular flexibility index (Phi) is 4.36. The molecule has 166 valence electrons. The van der Waals surface area contributed by atoms with Crippen molar-refractivity contribution in [1.29, 1.82) is 0 Å². The largest absolute Gasteiger partial charge is 0.507 e. The smallest absolute Gasteiger partial charge is 0.330 e. The van der Waals surface area contributed by atoms with Crippen LogP contribution in [0.2, 0.25) is 0 Å². The molecule has 1 aliphatic carbocycles. The van der Waals surface area contributed by atoms with E-state index in [1.165, 1.54) is 23.1 Å². The van der Waals surface area contributed by atoms with E-state index >= 15 is 0 Å². The first-order valence-electron chi connectivity index (χ1n) is 10.6. The lowest BCUT2D eigenvalue weighted by atomic mass is 10.1. The molecule has 2 N–H and O–H groups in total. The van der Waals surface area contributed by atoms with Gasteiger partial charge in [0.1, 0.15) is 29.9 Å². The van der Waals surface area contributed by atoms with E-state index in [2.05, 4.69) is 9.97 Å². The number of fused-ring (bicyclic) bond motifs is 1. The van der Waals surface area contributed by atoms with E-state index < -0.39 is 41.6 Å². The van der Waals surface area contributed by atoms with Crippen LogP contribution in [0.5, 0.6) is 5.75 Å². The molecule has 0 bridgehead atoms. The molecule has 3 aromatic rings. The van der Waals surface area contributed by atoms with Crippen molar-refractivity contribution in [3.05, 3.63) is 69.5 Å². The Morgan fingerprint density at radius 2 is 1.88 bits per heavy atom. The monoisotopic (exact) mass is 439 g/mol.